The van der Waals surface area contributed by atoms with Gasteiger partial charge >= 0.3 is 0 Å². The molecule has 2 aromatic carbocycles. The molecule has 2 heterocycles. The van der Waals surface area contributed by atoms with Gasteiger partial charge in [-0.25, -0.2) is 4.68 Å². The molecular formula is C19H20ClN5O. The standard InChI is InChI=1S/C19H20ClN5O/c1-2-26-13-9-7-12(8-10-13)16-11-17(14-5-3-4-6-15(14)20)25-19(22-16)23-18(21)24-25/h3-10,16-17H,2,11H2,1H3,(H3,21,22,23,24). The predicted molar refractivity (Wildman–Crippen MR) is 103 cm³/mol. The molecule has 0 spiro atoms. The Balaban J connectivity index is 1.70. The van der Waals surface area contributed by atoms with Crippen molar-refractivity contribution in [2.24, 2.45) is 0 Å². The Morgan fingerprint density at radius 1 is 1.23 bits per heavy atom. The summed E-state index contributed by atoms with van der Waals surface area (Å²) in [5.74, 6) is 1.76. The third-order valence-corrected chi connectivity index (χ3v) is 4.91. The minimum absolute atomic E-state index is 0.0404. The van der Waals surface area contributed by atoms with E-state index in [1.54, 1.807) is 0 Å². The van der Waals surface area contributed by atoms with Crippen LogP contribution in [0.2, 0.25) is 5.02 Å². The van der Waals surface area contributed by atoms with Crippen LogP contribution in [-0.2, 0) is 0 Å². The van der Waals surface area contributed by atoms with Gasteiger partial charge in [0.25, 0.3) is 0 Å². The van der Waals surface area contributed by atoms with Crippen LogP contribution in [0.5, 0.6) is 5.75 Å². The van der Waals surface area contributed by atoms with E-state index in [4.69, 9.17) is 22.1 Å². The van der Waals surface area contributed by atoms with Crippen LogP contribution in [0.1, 0.15) is 36.6 Å². The van der Waals surface area contributed by atoms with Crippen molar-refractivity contribution in [3.63, 3.8) is 0 Å². The molecule has 0 aliphatic carbocycles. The average molecular weight is 370 g/mol. The van der Waals surface area contributed by atoms with Gasteiger partial charge in [0.2, 0.25) is 11.9 Å². The number of anilines is 2. The highest BCUT2D eigenvalue weighted by Gasteiger charge is 2.31. The smallest absolute Gasteiger partial charge is 0.241 e. The van der Waals surface area contributed by atoms with Crippen molar-refractivity contribution in [3.05, 3.63) is 64.7 Å². The molecule has 0 saturated heterocycles. The Hall–Kier alpha value is -2.73. The van der Waals surface area contributed by atoms with Crippen LogP contribution in [0.4, 0.5) is 11.9 Å². The van der Waals surface area contributed by atoms with Gasteiger partial charge in [0.1, 0.15) is 5.75 Å². The number of benzene rings is 2. The van der Waals surface area contributed by atoms with Crippen LogP contribution in [0.15, 0.2) is 48.5 Å². The molecule has 7 heteroatoms. The Morgan fingerprint density at radius 2 is 2.00 bits per heavy atom. The highest BCUT2D eigenvalue weighted by Crippen LogP contribution is 2.40. The van der Waals surface area contributed by atoms with Crippen molar-refractivity contribution < 1.29 is 4.74 Å². The van der Waals surface area contributed by atoms with Gasteiger partial charge in [0.15, 0.2) is 0 Å². The van der Waals surface area contributed by atoms with Gasteiger partial charge in [0, 0.05) is 5.02 Å². The first-order valence-corrected chi connectivity index (χ1v) is 8.99. The SMILES string of the molecule is CCOc1ccc(C2CC(c3ccccc3Cl)n3nc(N)nc3N2)cc1. The molecule has 1 aliphatic rings. The molecule has 4 rings (SSSR count). The first-order valence-electron chi connectivity index (χ1n) is 8.61. The first kappa shape index (κ1) is 16.7. The molecule has 0 saturated carbocycles. The number of rotatable bonds is 4. The highest BCUT2D eigenvalue weighted by atomic mass is 35.5. The lowest BCUT2D eigenvalue weighted by molar-refractivity contribution is 0.340. The molecule has 0 radical (unpaired) electrons. The second-order valence-electron chi connectivity index (χ2n) is 6.21. The maximum Gasteiger partial charge on any atom is 0.241 e. The third kappa shape index (κ3) is 3.08. The second kappa shape index (κ2) is 6.88. The summed E-state index contributed by atoms with van der Waals surface area (Å²) in [7, 11) is 0. The highest BCUT2D eigenvalue weighted by molar-refractivity contribution is 6.31. The van der Waals surface area contributed by atoms with Crippen molar-refractivity contribution in [1.82, 2.24) is 14.8 Å². The van der Waals surface area contributed by atoms with Crippen molar-refractivity contribution >= 4 is 23.5 Å². The molecule has 1 aromatic heterocycles. The number of nitrogens with zero attached hydrogens (tertiary/aromatic N) is 3. The zero-order valence-corrected chi connectivity index (χ0v) is 15.1. The number of halogens is 1. The van der Waals surface area contributed by atoms with Gasteiger partial charge < -0.3 is 15.8 Å². The summed E-state index contributed by atoms with van der Waals surface area (Å²) in [5, 5.41) is 8.50. The number of ether oxygens (including phenoxy) is 1. The molecule has 6 nitrogen and oxygen atoms in total. The molecule has 3 N–H and O–H groups in total. The van der Waals surface area contributed by atoms with E-state index in [-0.39, 0.29) is 18.0 Å². The number of hydrogen-bond acceptors (Lipinski definition) is 5. The minimum Gasteiger partial charge on any atom is -0.494 e. The summed E-state index contributed by atoms with van der Waals surface area (Å²) in [4.78, 5) is 4.33. The Labute approximate surface area is 156 Å². The zero-order chi connectivity index (χ0) is 18.1. The van der Waals surface area contributed by atoms with Crippen molar-refractivity contribution in [3.8, 4) is 5.75 Å². The lowest BCUT2D eigenvalue weighted by Gasteiger charge is -2.32. The number of aromatic nitrogens is 3. The Kier molecular flexibility index (Phi) is 4.42. The van der Waals surface area contributed by atoms with Gasteiger partial charge in [-0.2, -0.15) is 4.98 Å². The van der Waals surface area contributed by atoms with Gasteiger partial charge in [-0.05, 0) is 42.7 Å². The Bertz CT molecular complexity index is 909. The number of nitrogen functional groups attached to an aromatic ring is 1. The number of fused-ring (bicyclic) bond motifs is 1. The number of nitrogens with one attached hydrogen (secondary N) is 1. The summed E-state index contributed by atoms with van der Waals surface area (Å²) in [6, 6.07) is 16.0. The van der Waals surface area contributed by atoms with Crippen molar-refractivity contribution in [1.29, 1.82) is 0 Å². The summed E-state index contributed by atoms with van der Waals surface area (Å²) >= 11 is 6.45. The summed E-state index contributed by atoms with van der Waals surface area (Å²) in [5.41, 5.74) is 8.00. The molecule has 0 fully saturated rings. The maximum absolute atomic E-state index is 6.45. The van der Waals surface area contributed by atoms with E-state index < -0.39 is 0 Å². The molecule has 2 unspecified atom stereocenters. The molecule has 3 aromatic rings. The molecular weight excluding hydrogens is 350 g/mol. The van der Waals surface area contributed by atoms with Crippen LogP contribution in [0.25, 0.3) is 0 Å². The predicted octanol–water partition coefficient (Wildman–Crippen LogP) is 4.06. The van der Waals surface area contributed by atoms with Crippen LogP contribution in [0, 0.1) is 0 Å². The monoisotopic (exact) mass is 369 g/mol. The first-order chi connectivity index (χ1) is 12.7. The quantitative estimate of drug-likeness (QED) is 0.725. The van der Waals surface area contributed by atoms with E-state index in [2.05, 4.69) is 27.5 Å². The fraction of sp³-hybridized carbons (Fsp3) is 0.263. The van der Waals surface area contributed by atoms with E-state index in [0.29, 0.717) is 17.6 Å². The number of nitrogens with two attached hydrogens (primary N) is 1. The van der Waals surface area contributed by atoms with Gasteiger partial charge in [-0.15, -0.1) is 5.10 Å². The second-order valence-corrected chi connectivity index (χ2v) is 6.62. The van der Waals surface area contributed by atoms with Crippen LogP contribution in [0.3, 0.4) is 0 Å². The fourth-order valence-electron chi connectivity index (χ4n) is 3.38. The summed E-state index contributed by atoms with van der Waals surface area (Å²) in [6.07, 6.45) is 0.785. The summed E-state index contributed by atoms with van der Waals surface area (Å²) in [6.45, 7) is 2.63. The van der Waals surface area contributed by atoms with Gasteiger partial charge in [-0.3, -0.25) is 0 Å². The molecule has 2 atom stereocenters. The molecule has 134 valence electrons. The zero-order valence-electron chi connectivity index (χ0n) is 14.4. The normalized spacial score (nSPS) is 18.8. The number of hydrogen-bond donors (Lipinski definition) is 2. The molecule has 0 amide bonds. The molecule has 0 bridgehead atoms. The molecule has 26 heavy (non-hydrogen) atoms. The van der Waals surface area contributed by atoms with E-state index in [9.17, 15) is 0 Å². The summed E-state index contributed by atoms with van der Waals surface area (Å²) < 4.78 is 7.35. The fourth-order valence-corrected chi connectivity index (χ4v) is 3.64. The van der Waals surface area contributed by atoms with Crippen LogP contribution >= 0.6 is 11.6 Å². The minimum atomic E-state index is -0.0404. The largest absolute Gasteiger partial charge is 0.494 e. The van der Waals surface area contributed by atoms with Gasteiger partial charge in [-0.1, -0.05) is 41.9 Å². The van der Waals surface area contributed by atoms with E-state index in [0.717, 1.165) is 23.3 Å². The van der Waals surface area contributed by atoms with Crippen LogP contribution < -0.4 is 15.8 Å². The van der Waals surface area contributed by atoms with Crippen molar-refractivity contribution in [2.45, 2.75) is 25.4 Å². The van der Waals surface area contributed by atoms with E-state index >= 15 is 0 Å². The van der Waals surface area contributed by atoms with Crippen molar-refractivity contribution in [2.75, 3.05) is 17.7 Å². The maximum atomic E-state index is 6.45. The van der Waals surface area contributed by atoms with Gasteiger partial charge in [0.05, 0.1) is 18.7 Å². The lowest BCUT2D eigenvalue weighted by atomic mass is 9.93. The third-order valence-electron chi connectivity index (χ3n) is 4.56. The molecule has 1 aliphatic heterocycles. The topological polar surface area (TPSA) is 78.0 Å². The van der Waals surface area contributed by atoms with Crippen LogP contribution in [-0.4, -0.2) is 21.4 Å². The Morgan fingerprint density at radius 3 is 2.73 bits per heavy atom. The van der Waals surface area contributed by atoms with E-state index in [1.165, 1.54) is 0 Å². The average Bonchev–Trinajstić information content (AvgIpc) is 3.02. The van der Waals surface area contributed by atoms with E-state index in [1.807, 2.05) is 48.0 Å². The lowest BCUT2D eigenvalue weighted by Crippen LogP contribution is -2.28.